The first kappa shape index (κ1) is 41.0. The number of hydrogen-bond donors (Lipinski definition) is 3. The van der Waals surface area contributed by atoms with Gasteiger partial charge in [0.25, 0.3) is 0 Å². The van der Waals surface area contributed by atoms with Gasteiger partial charge in [0.05, 0.1) is 54.8 Å². The topological polar surface area (TPSA) is 142 Å². The molecule has 1 aromatic carbocycles. The number of thiazole rings is 1. The van der Waals surface area contributed by atoms with Crippen LogP contribution in [-0.4, -0.2) is 110 Å². The molecule has 1 aromatic heterocycles. The van der Waals surface area contributed by atoms with Gasteiger partial charge >= 0.3 is 0 Å². The molecule has 3 rings (SSSR count). The van der Waals surface area contributed by atoms with Crippen LogP contribution in [0.15, 0.2) is 41.9 Å². The van der Waals surface area contributed by atoms with E-state index in [0.29, 0.717) is 19.4 Å². The van der Waals surface area contributed by atoms with Crippen molar-refractivity contribution in [2.45, 2.75) is 103 Å². The first-order valence-corrected chi connectivity index (χ1v) is 18.5. The summed E-state index contributed by atoms with van der Waals surface area (Å²) in [5.74, 6) is -1.37. The van der Waals surface area contributed by atoms with Gasteiger partial charge in [-0.1, -0.05) is 57.5 Å². The molecule has 12 nitrogen and oxygen atoms in total. The molecule has 278 valence electrons. The van der Waals surface area contributed by atoms with Crippen LogP contribution in [0.3, 0.4) is 0 Å². The van der Waals surface area contributed by atoms with Crippen LogP contribution >= 0.6 is 11.3 Å². The van der Waals surface area contributed by atoms with E-state index in [0.717, 1.165) is 23.4 Å². The number of hydrogen-bond acceptors (Lipinski definition) is 9. The molecule has 0 saturated carbocycles. The lowest BCUT2D eigenvalue weighted by Crippen LogP contribution is -2.56. The van der Waals surface area contributed by atoms with Crippen molar-refractivity contribution in [2.24, 2.45) is 11.8 Å². The number of methoxy groups -OCH3 is 2. The number of rotatable bonds is 19. The maximum Gasteiger partial charge on any atom is 0.242 e. The molecule has 7 unspecified atom stereocenters. The number of carbonyl (C=O) groups is 4. The Bertz CT molecular complexity index is 1380. The van der Waals surface area contributed by atoms with Gasteiger partial charge in [-0.25, -0.2) is 4.98 Å². The van der Waals surface area contributed by atoms with Gasteiger partial charge in [-0.3, -0.25) is 19.2 Å². The molecule has 1 fully saturated rings. The lowest BCUT2D eigenvalue weighted by Gasteiger charge is -2.39. The molecule has 0 radical (unpaired) electrons. The molecule has 2 aromatic rings. The summed E-state index contributed by atoms with van der Waals surface area (Å²) in [7, 11) is 6.53. The summed E-state index contributed by atoms with van der Waals surface area (Å²) in [5.41, 5.74) is 0.265. The lowest BCUT2D eigenvalue weighted by molar-refractivity contribution is -0.146. The Morgan fingerprint density at radius 2 is 1.82 bits per heavy atom. The molecule has 2 heterocycles. The van der Waals surface area contributed by atoms with Crippen LogP contribution in [0.2, 0.25) is 0 Å². The number of aromatic nitrogens is 1. The van der Waals surface area contributed by atoms with Crippen LogP contribution in [0.4, 0.5) is 0 Å². The highest BCUT2D eigenvalue weighted by Crippen LogP contribution is 2.30. The van der Waals surface area contributed by atoms with Crippen LogP contribution in [0.5, 0.6) is 0 Å². The van der Waals surface area contributed by atoms with Crippen LogP contribution in [-0.2, 0) is 35.1 Å². The predicted molar refractivity (Wildman–Crippen MR) is 195 cm³/mol. The monoisotopic (exact) mass is 714 g/mol. The predicted octanol–water partition coefficient (Wildman–Crippen LogP) is 3.58. The van der Waals surface area contributed by atoms with E-state index >= 15 is 0 Å². The Morgan fingerprint density at radius 3 is 2.40 bits per heavy atom. The van der Waals surface area contributed by atoms with Crippen molar-refractivity contribution in [3.63, 3.8) is 0 Å². The van der Waals surface area contributed by atoms with Gasteiger partial charge in [0.1, 0.15) is 5.01 Å². The van der Waals surface area contributed by atoms with Crippen LogP contribution in [0.25, 0.3) is 0 Å². The molecule has 50 heavy (non-hydrogen) atoms. The summed E-state index contributed by atoms with van der Waals surface area (Å²) in [6.45, 7) is 9.76. The number of nitrogens with zero attached hydrogens (tertiary/aromatic N) is 3. The van der Waals surface area contributed by atoms with Crippen molar-refractivity contribution in [2.75, 3.05) is 41.4 Å². The summed E-state index contributed by atoms with van der Waals surface area (Å²) in [5, 5.41) is 11.6. The van der Waals surface area contributed by atoms with Crippen LogP contribution in [0.1, 0.15) is 76.9 Å². The largest absolute Gasteiger partial charge is 0.379 e. The highest BCUT2D eigenvalue weighted by molar-refractivity contribution is 7.09. The van der Waals surface area contributed by atoms with E-state index in [4.69, 9.17) is 9.47 Å². The molecule has 13 heteroatoms. The second kappa shape index (κ2) is 19.3. The fourth-order valence-electron chi connectivity index (χ4n) is 6.70. The molecule has 0 bridgehead atoms. The molecule has 1 saturated heterocycles. The third-order valence-electron chi connectivity index (χ3n) is 10.2. The Hall–Kier alpha value is -3.39. The molecule has 4 amide bonds. The van der Waals surface area contributed by atoms with E-state index in [-0.39, 0.29) is 54.6 Å². The van der Waals surface area contributed by atoms with Gasteiger partial charge in [0.15, 0.2) is 0 Å². The van der Waals surface area contributed by atoms with Crippen molar-refractivity contribution < 1.29 is 28.7 Å². The van der Waals surface area contributed by atoms with Crippen molar-refractivity contribution in [1.29, 1.82) is 0 Å². The molecule has 1 aliphatic rings. The second-order valence-corrected chi connectivity index (χ2v) is 14.7. The number of ether oxygens (including phenoxy) is 2. The van der Waals surface area contributed by atoms with E-state index < -0.39 is 29.7 Å². The molecule has 0 aliphatic carbocycles. The maximum absolute atomic E-state index is 14.1. The minimum atomic E-state index is -0.827. The van der Waals surface area contributed by atoms with E-state index in [1.54, 1.807) is 53.3 Å². The number of amides is 4. The summed E-state index contributed by atoms with van der Waals surface area (Å²) in [4.78, 5) is 61.7. The Morgan fingerprint density at radius 1 is 1.12 bits per heavy atom. The molecular formula is C37H58N6O6S. The minimum absolute atomic E-state index is 0.0117. The van der Waals surface area contributed by atoms with E-state index in [9.17, 15) is 19.2 Å². The Labute approximate surface area is 302 Å². The molecule has 3 N–H and O–H groups in total. The summed E-state index contributed by atoms with van der Waals surface area (Å²) >= 11 is 1.50. The smallest absolute Gasteiger partial charge is 0.242 e. The average molecular weight is 715 g/mol. The van der Waals surface area contributed by atoms with Gasteiger partial charge in [-0.15, -0.1) is 11.3 Å². The van der Waals surface area contributed by atoms with E-state index in [2.05, 4.69) is 20.9 Å². The highest BCUT2D eigenvalue weighted by Gasteiger charge is 2.42. The van der Waals surface area contributed by atoms with E-state index in [1.807, 2.05) is 61.4 Å². The number of likely N-dealkylation sites (N-methyl/N-ethyl adjacent to an activating group) is 2. The number of nitrogens with one attached hydrogen (secondary N) is 3. The van der Waals surface area contributed by atoms with Crippen molar-refractivity contribution in [3.8, 4) is 0 Å². The quantitative estimate of drug-likeness (QED) is 0.201. The first-order valence-electron chi connectivity index (χ1n) is 17.6. The zero-order valence-corrected chi connectivity index (χ0v) is 32.0. The number of carbonyl (C=O) groups excluding carboxylic acids is 4. The summed E-state index contributed by atoms with van der Waals surface area (Å²) in [6, 6.07) is 8.98. The molecule has 7 atom stereocenters. The SMILES string of the molecule is CCC(C)C(C(CC(=O)N1CCCC1C(OC)C(C)C(=O)NC(Cc1ccccc1)c1nccs1)OC)N(C)C(=O)CNC(=O)C(C)(C)NC. The van der Waals surface area contributed by atoms with Gasteiger partial charge in [0, 0.05) is 39.4 Å². The van der Waals surface area contributed by atoms with Gasteiger partial charge in [0.2, 0.25) is 23.6 Å². The first-order chi connectivity index (χ1) is 23.8. The summed E-state index contributed by atoms with van der Waals surface area (Å²) in [6.07, 6.45) is 3.52. The standard InChI is InChI=1S/C37H58N6O6S/c1-10-24(2)32(42(7)31(45)23-40-36(47)37(4,5)38-6)29(48-8)22-30(44)43-19-14-17-28(43)33(49-9)25(3)34(46)41-27(35-39-18-20-50-35)21-26-15-12-11-13-16-26/h11-13,15-16,18,20,24-25,27-29,32-33,38H,10,14,17,19,21-23H2,1-9H3,(H,40,47)(H,41,46). The van der Waals surface area contributed by atoms with Crippen molar-refractivity contribution >= 4 is 35.0 Å². The van der Waals surface area contributed by atoms with Gasteiger partial charge in [-0.05, 0) is 51.6 Å². The third-order valence-corrected chi connectivity index (χ3v) is 11.1. The fourth-order valence-corrected chi connectivity index (χ4v) is 7.39. The van der Waals surface area contributed by atoms with Crippen molar-refractivity contribution in [3.05, 3.63) is 52.5 Å². The molecule has 0 spiro atoms. The van der Waals surface area contributed by atoms with Crippen molar-refractivity contribution in [1.82, 2.24) is 30.7 Å². The average Bonchev–Trinajstić information content (AvgIpc) is 3.84. The highest BCUT2D eigenvalue weighted by atomic mass is 32.1. The maximum atomic E-state index is 14.1. The normalized spacial score (nSPS) is 18.4. The van der Waals surface area contributed by atoms with Gasteiger partial charge < -0.3 is 35.2 Å². The number of likely N-dealkylation sites (tertiary alicyclic amines) is 1. The zero-order chi connectivity index (χ0) is 37.0. The summed E-state index contributed by atoms with van der Waals surface area (Å²) < 4.78 is 11.9. The minimum Gasteiger partial charge on any atom is -0.379 e. The number of benzene rings is 1. The van der Waals surface area contributed by atoms with Crippen LogP contribution < -0.4 is 16.0 Å². The second-order valence-electron chi connectivity index (χ2n) is 13.8. The molecule has 1 aliphatic heterocycles. The zero-order valence-electron chi connectivity index (χ0n) is 31.2. The van der Waals surface area contributed by atoms with Gasteiger partial charge in [-0.2, -0.15) is 0 Å². The fraction of sp³-hybridized carbons (Fsp3) is 0.649. The lowest BCUT2D eigenvalue weighted by atomic mass is 9.90. The Kier molecular flexibility index (Phi) is 15.8. The Balaban J connectivity index is 1.72. The van der Waals surface area contributed by atoms with Crippen LogP contribution in [0, 0.1) is 11.8 Å². The van der Waals surface area contributed by atoms with E-state index in [1.165, 1.54) is 11.3 Å². The third kappa shape index (κ3) is 10.6. The molecular weight excluding hydrogens is 657 g/mol.